The van der Waals surface area contributed by atoms with E-state index >= 15 is 0 Å². The molecule has 0 bridgehead atoms. The standard InChI is InChI=1S/C22H21NO6/c1-13-7-8-18-16(10-19(24)29-21(18)14(13)2)12-28-20(25)11-23-22(26)15-5-4-6-17(9-15)27-3/h4-10H,11-12H2,1-3H3,(H,23,26). The molecule has 29 heavy (non-hydrogen) atoms. The SMILES string of the molecule is COc1cccc(C(=O)NCC(=O)OCc2cc(=O)oc3c(C)c(C)ccc23)c1. The molecule has 0 atom stereocenters. The van der Waals surface area contributed by atoms with Crippen LogP contribution in [-0.2, 0) is 16.1 Å². The van der Waals surface area contributed by atoms with Gasteiger partial charge in [-0.25, -0.2) is 4.79 Å². The van der Waals surface area contributed by atoms with Crippen LogP contribution in [-0.4, -0.2) is 25.5 Å². The molecular formula is C22H21NO6. The van der Waals surface area contributed by atoms with Gasteiger partial charge in [-0.3, -0.25) is 9.59 Å². The van der Waals surface area contributed by atoms with Crippen LogP contribution in [0.3, 0.4) is 0 Å². The Hall–Kier alpha value is -3.61. The first-order valence-corrected chi connectivity index (χ1v) is 9.00. The highest BCUT2D eigenvalue weighted by Crippen LogP contribution is 2.23. The van der Waals surface area contributed by atoms with Crippen LogP contribution >= 0.6 is 0 Å². The van der Waals surface area contributed by atoms with Crippen LogP contribution < -0.4 is 15.7 Å². The Morgan fingerprint density at radius 1 is 1.10 bits per heavy atom. The minimum atomic E-state index is -0.619. The molecular weight excluding hydrogens is 374 g/mol. The summed E-state index contributed by atoms with van der Waals surface area (Å²) in [6.45, 7) is 3.39. The van der Waals surface area contributed by atoms with Crippen molar-refractivity contribution in [2.75, 3.05) is 13.7 Å². The summed E-state index contributed by atoms with van der Waals surface area (Å²) in [5.41, 5.74) is 2.74. The molecule has 0 saturated carbocycles. The minimum absolute atomic E-state index is 0.0987. The number of hydrogen-bond donors (Lipinski definition) is 1. The number of ether oxygens (including phenoxy) is 2. The summed E-state index contributed by atoms with van der Waals surface area (Å²) in [5.74, 6) is -0.496. The highest BCUT2D eigenvalue weighted by Gasteiger charge is 2.13. The van der Waals surface area contributed by atoms with E-state index in [1.54, 1.807) is 24.3 Å². The van der Waals surface area contributed by atoms with Crippen molar-refractivity contribution in [2.24, 2.45) is 0 Å². The number of hydrogen-bond acceptors (Lipinski definition) is 6. The monoisotopic (exact) mass is 395 g/mol. The first-order chi connectivity index (χ1) is 13.9. The van der Waals surface area contributed by atoms with E-state index in [1.165, 1.54) is 13.2 Å². The number of carbonyl (C=O) groups excluding carboxylic acids is 2. The highest BCUT2D eigenvalue weighted by molar-refractivity contribution is 5.96. The van der Waals surface area contributed by atoms with Crippen LogP contribution in [0.5, 0.6) is 5.75 Å². The van der Waals surface area contributed by atoms with Crippen LogP contribution in [0, 0.1) is 13.8 Å². The van der Waals surface area contributed by atoms with Crippen LogP contribution in [0.25, 0.3) is 11.0 Å². The third-order valence-electron chi connectivity index (χ3n) is 4.63. The maximum absolute atomic E-state index is 12.2. The van der Waals surface area contributed by atoms with Crippen LogP contribution in [0.15, 0.2) is 51.7 Å². The van der Waals surface area contributed by atoms with Crippen molar-refractivity contribution in [1.29, 1.82) is 0 Å². The fourth-order valence-electron chi connectivity index (χ4n) is 2.87. The van der Waals surface area contributed by atoms with E-state index in [0.717, 1.165) is 11.1 Å². The third kappa shape index (κ3) is 4.63. The number of benzene rings is 2. The van der Waals surface area contributed by atoms with Gasteiger partial charge in [-0.1, -0.05) is 18.2 Å². The lowest BCUT2D eigenvalue weighted by Crippen LogP contribution is -2.30. The Kier molecular flexibility index (Phi) is 5.97. The second kappa shape index (κ2) is 8.60. The molecule has 0 radical (unpaired) electrons. The average molecular weight is 395 g/mol. The molecule has 7 heteroatoms. The first kappa shape index (κ1) is 20.1. The molecule has 0 fully saturated rings. The number of rotatable bonds is 6. The molecule has 150 valence electrons. The van der Waals surface area contributed by atoms with E-state index in [0.29, 0.717) is 27.8 Å². The summed E-state index contributed by atoms with van der Waals surface area (Å²) in [6, 6.07) is 11.6. The van der Waals surface area contributed by atoms with Gasteiger partial charge in [0.15, 0.2) is 0 Å². The summed E-state index contributed by atoms with van der Waals surface area (Å²) >= 11 is 0. The molecule has 1 N–H and O–H groups in total. The van der Waals surface area contributed by atoms with Gasteiger partial charge in [-0.05, 0) is 43.2 Å². The smallest absolute Gasteiger partial charge is 0.336 e. The van der Waals surface area contributed by atoms with Crippen LogP contribution in [0.1, 0.15) is 27.0 Å². The molecule has 2 aromatic carbocycles. The molecule has 7 nitrogen and oxygen atoms in total. The van der Waals surface area contributed by atoms with Crippen molar-refractivity contribution in [3.8, 4) is 5.75 Å². The molecule has 0 unspecified atom stereocenters. The Morgan fingerprint density at radius 2 is 1.90 bits per heavy atom. The molecule has 0 aliphatic heterocycles. The van der Waals surface area contributed by atoms with Crippen molar-refractivity contribution in [3.63, 3.8) is 0 Å². The van der Waals surface area contributed by atoms with E-state index in [-0.39, 0.29) is 13.2 Å². The fraction of sp³-hybridized carbons (Fsp3) is 0.227. The molecule has 1 heterocycles. The van der Waals surface area contributed by atoms with E-state index in [4.69, 9.17) is 13.9 Å². The summed E-state index contributed by atoms with van der Waals surface area (Å²) in [4.78, 5) is 36.1. The van der Waals surface area contributed by atoms with Gasteiger partial charge in [-0.2, -0.15) is 0 Å². The van der Waals surface area contributed by atoms with E-state index in [1.807, 2.05) is 26.0 Å². The van der Waals surface area contributed by atoms with Gasteiger partial charge in [0.25, 0.3) is 5.91 Å². The molecule has 1 amide bonds. The van der Waals surface area contributed by atoms with Gasteiger partial charge in [0.2, 0.25) is 0 Å². The Morgan fingerprint density at radius 3 is 2.66 bits per heavy atom. The van der Waals surface area contributed by atoms with E-state index in [9.17, 15) is 14.4 Å². The Bertz CT molecular complexity index is 1130. The zero-order chi connectivity index (χ0) is 21.0. The van der Waals surface area contributed by atoms with Crippen molar-refractivity contribution < 1.29 is 23.5 Å². The number of methoxy groups -OCH3 is 1. The third-order valence-corrected chi connectivity index (χ3v) is 4.63. The van der Waals surface area contributed by atoms with Gasteiger partial charge in [-0.15, -0.1) is 0 Å². The Balaban J connectivity index is 1.64. The lowest BCUT2D eigenvalue weighted by atomic mass is 10.0. The second-order valence-corrected chi connectivity index (χ2v) is 6.55. The molecule has 0 spiro atoms. The highest BCUT2D eigenvalue weighted by atomic mass is 16.5. The zero-order valence-electron chi connectivity index (χ0n) is 16.4. The number of carbonyl (C=O) groups is 2. The normalized spacial score (nSPS) is 10.6. The summed E-state index contributed by atoms with van der Waals surface area (Å²) in [6.07, 6.45) is 0. The number of fused-ring (bicyclic) bond motifs is 1. The van der Waals surface area contributed by atoms with Crippen molar-refractivity contribution >= 4 is 22.8 Å². The van der Waals surface area contributed by atoms with Crippen LogP contribution in [0.2, 0.25) is 0 Å². The number of esters is 1. The van der Waals surface area contributed by atoms with Gasteiger partial charge in [0.05, 0.1) is 7.11 Å². The predicted molar refractivity (Wildman–Crippen MR) is 107 cm³/mol. The summed E-state index contributed by atoms with van der Waals surface area (Å²) in [5, 5.41) is 3.21. The minimum Gasteiger partial charge on any atom is -0.497 e. The lowest BCUT2D eigenvalue weighted by Gasteiger charge is -2.10. The van der Waals surface area contributed by atoms with Gasteiger partial charge >= 0.3 is 11.6 Å². The lowest BCUT2D eigenvalue weighted by molar-refractivity contribution is -0.143. The molecule has 0 saturated heterocycles. The van der Waals surface area contributed by atoms with Crippen molar-refractivity contribution in [1.82, 2.24) is 5.32 Å². The van der Waals surface area contributed by atoms with Gasteiger partial charge in [0.1, 0.15) is 24.5 Å². The largest absolute Gasteiger partial charge is 0.497 e. The first-order valence-electron chi connectivity index (χ1n) is 9.00. The molecule has 0 aliphatic carbocycles. The van der Waals surface area contributed by atoms with Gasteiger partial charge < -0.3 is 19.2 Å². The zero-order valence-corrected chi connectivity index (χ0v) is 16.4. The van der Waals surface area contributed by atoms with Crippen molar-refractivity contribution in [3.05, 3.63) is 75.1 Å². The van der Waals surface area contributed by atoms with E-state index < -0.39 is 17.5 Å². The number of aryl methyl sites for hydroxylation is 2. The topological polar surface area (TPSA) is 94.8 Å². The molecule has 3 aromatic rings. The predicted octanol–water partition coefficient (Wildman–Crippen LogP) is 2.89. The average Bonchev–Trinajstić information content (AvgIpc) is 2.73. The number of nitrogens with one attached hydrogen (secondary N) is 1. The fourth-order valence-corrected chi connectivity index (χ4v) is 2.87. The summed E-state index contributed by atoms with van der Waals surface area (Å²) < 4.78 is 15.6. The number of amides is 1. The van der Waals surface area contributed by atoms with Gasteiger partial charge in [0, 0.05) is 22.6 Å². The van der Waals surface area contributed by atoms with E-state index in [2.05, 4.69) is 5.32 Å². The quantitative estimate of drug-likeness (QED) is 0.509. The maximum atomic E-state index is 12.2. The maximum Gasteiger partial charge on any atom is 0.336 e. The van der Waals surface area contributed by atoms with Crippen LogP contribution in [0.4, 0.5) is 0 Å². The Labute approximate surface area is 167 Å². The van der Waals surface area contributed by atoms with Crippen molar-refractivity contribution in [2.45, 2.75) is 20.5 Å². The molecule has 1 aromatic heterocycles. The summed E-state index contributed by atoms with van der Waals surface area (Å²) in [7, 11) is 1.51. The molecule has 3 rings (SSSR count). The second-order valence-electron chi connectivity index (χ2n) is 6.55. The molecule has 0 aliphatic rings.